The average Bonchev–Trinajstić information content (AvgIpc) is 2.75. The maximum absolute atomic E-state index is 4.64. The Morgan fingerprint density at radius 3 is 2.53 bits per heavy atom. The second kappa shape index (κ2) is 5.63. The number of nitrogens with zero attached hydrogens (tertiary/aromatic N) is 2. The van der Waals surface area contributed by atoms with Crippen LogP contribution in [0.2, 0.25) is 0 Å². The fourth-order valence-electron chi connectivity index (χ4n) is 2.00. The van der Waals surface area contributed by atoms with Crippen molar-refractivity contribution >= 4 is 45.6 Å². The van der Waals surface area contributed by atoms with Crippen molar-refractivity contribution in [1.29, 1.82) is 0 Å². The molecule has 0 aliphatic rings. The lowest BCUT2D eigenvalue weighted by atomic mass is 10.1. The number of benzene rings is 1. The Kier molecular flexibility index (Phi) is 4.30. The van der Waals surface area contributed by atoms with E-state index in [-0.39, 0.29) is 24.0 Å². The first-order chi connectivity index (χ1) is 8.63. The molecule has 0 fully saturated rings. The van der Waals surface area contributed by atoms with Crippen LogP contribution in [0.25, 0.3) is 16.9 Å². The van der Waals surface area contributed by atoms with E-state index in [0.29, 0.717) is 0 Å². The van der Waals surface area contributed by atoms with Gasteiger partial charge in [-0.05, 0) is 59.1 Å². The summed E-state index contributed by atoms with van der Waals surface area (Å²) in [5.41, 5.74) is 5.75. The quantitative estimate of drug-likeness (QED) is 0.498. The molecule has 2 heterocycles. The molecule has 98 valence electrons. The van der Waals surface area contributed by atoms with E-state index in [0.717, 1.165) is 21.4 Å². The minimum atomic E-state index is 0. The van der Waals surface area contributed by atoms with Crippen LogP contribution in [-0.2, 0) is 0 Å². The van der Waals surface area contributed by atoms with Gasteiger partial charge < -0.3 is 4.40 Å². The first kappa shape index (κ1) is 14.5. The fourth-order valence-corrected chi connectivity index (χ4v) is 2.36. The van der Waals surface area contributed by atoms with Crippen molar-refractivity contribution < 1.29 is 0 Å². The number of pyridine rings is 1. The Balaban J connectivity index is 0.00000133. The predicted molar refractivity (Wildman–Crippen MR) is 93.2 cm³/mol. The second-order valence-corrected chi connectivity index (χ2v) is 5.45. The highest BCUT2D eigenvalue weighted by molar-refractivity contribution is 14.0. The van der Waals surface area contributed by atoms with Gasteiger partial charge in [0.1, 0.15) is 5.65 Å². The third kappa shape index (κ3) is 2.84. The maximum atomic E-state index is 4.64. The highest BCUT2D eigenvalue weighted by Crippen LogP contribution is 2.22. The summed E-state index contributed by atoms with van der Waals surface area (Å²) in [7, 11) is 0. The first-order valence-corrected chi connectivity index (χ1v) is 6.65. The van der Waals surface area contributed by atoms with Crippen LogP contribution in [0.5, 0.6) is 0 Å². The van der Waals surface area contributed by atoms with E-state index in [2.05, 4.69) is 59.2 Å². The number of aryl methyl sites for hydroxylation is 2. The maximum Gasteiger partial charge on any atom is 0.137 e. The van der Waals surface area contributed by atoms with Gasteiger partial charge in [-0.25, -0.2) is 4.98 Å². The first-order valence-electron chi connectivity index (χ1n) is 5.85. The van der Waals surface area contributed by atoms with Crippen LogP contribution in [0.15, 0.2) is 47.2 Å². The zero-order valence-electron chi connectivity index (χ0n) is 10.7. The van der Waals surface area contributed by atoms with Crippen molar-refractivity contribution in [2.45, 2.75) is 13.8 Å². The Hall–Kier alpha value is -0.880. The van der Waals surface area contributed by atoms with E-state index in [1.165, 1.54) is 11.1 Å². The van der Waals surface area contributed by atoms with Crippen molar-refractivity contribution in [3.63, 3.8) is 0 Å². The SMILES string of the molecule is Cc1ccc(-c2cn3cc(Br)ccc3n2)cc1C.I. The van der Waals surface area contributed by atoms with Crippen LogP contribution in [0.4, 0.5) is 0 Å². The second-order valence-electron chi connectivity index (χ2n) is 4.54. The molecule has 0 bridgehead atoms. The number of fused-ring (bicyclic) bond motifs is 1. The average molecular weight is 429 g/mol. The van der Waals surface area contributed by atoms with Crippen molar-refractivity contribution in [3.05, 3.63) is 58.3 Å². The molecule has 4 heteroatoms. The largest absolute Gasteiger partial charge is 0.305 e. The molecule has 19 heavy (non-hydrogen) atoms. The van der Waals surface area contributed by atoms with E-state index in [1.807, 2.05) is 22.7 Å². The molecule has 0 spiro atoms. The standard InChI is InChI=1S/C15H13BrN2.HI/c1-10-3-4-12(7-11(10)2)14-9-18-8-13(16)5-6-15(18)17-14;/h3-9H,1-2H3;1H. The molecule has 0 amide bonds. The highest BCUT2D eigenvalue weighted by Gasteiger charge is 2.05. The van der Waals surface area contributed by atoms with Gasteiger partial charge in [-0.3, -0.25) is 0 Å². The van der Waals surface area contributed by atoms with E-state index in [9.17, 15) is 0 Å². The van der Waals surface area contributed by atoms with Crippen molar-refractivity contribution in [2.24, 2.45) is 0 Å². The van der Waals surface area contributed by atoms with Crippen LogP contribution in [0.3, 0.4) is 0 Å². The van der Waals surface area contributed by atoms with Crippen LogP contribution in [-0.4, -0.2) is 9.38 Å². The van der Waals surface area contributed by atoms with E-state index < -0.39 is 0 Å². The summed E-state index contributed by atoms with van der Waals surface area (Å²) in [5, 5.41) is 0. The van der Waals surface area contributed by atoms with E-state index >= 15 is 0 Å². The molecule has 2 aromatic heterocycles. The van der Waals surface area contributed by atoms with Gasteiger partial charge in [0.15, 0.2) is 0 Å². The molecule has 0 saturated heterocycles. The minimum Gasteiger partial charge on any atom is -0.305 e. The summed E-state index contributed by atoms with van der Waals surface area (Å²) in [4.78, 5) is 4.64. The summed E-state index contributed by atoms with van der Waals surface area (Å²) in [6, 6.07) is 10.5. The third-order valence-electron chi connectivity index (χ3n) is 3.22. The molecule has 0 radical (unpaired) electrons. The summed E-state index contributed by atoms with van der Waals surface area (Å²) in [6.45, 7) is 4.26. The molecule has 0 atom stereocenters. The smallest absolute Gasteiger partial charge is 0.137 e. The molecular weight excluding hydrogens is 415 g/mol. The fraction of sp³-hybridized carbons (Fsp3) is 0.133. The van der Waals surface area contributed by atoms with Gasteiger partial charge in [-0.2, -0.15) is 0 Å². The summed E-state index contributed by atoms with van der Waals surface area (Å²) in [6.07, 6.45) is 4.08. The van der Waals surface area contributed by atoms with Gasteiger partial charge in [-0.15, -0.1) is 24.0 Å². The van der Waals surface area contributed by atoms with Gasteiger partial charge in [-0.1, -0.05) is 12.1 Å². The Morgan fingerprint density at radius 2 is 1.79 bits per heavy atom. The number of imidazole rings is 1. The third-order valence-corrected chi connectivity index (χ3v) is 3.69. The number of hydrogen-bond acceptors (Lipinski definition) is 1. The van der Waals surface area contributed by atoms with Gasteiger partial charge in [0, 0.05) is 22.4 Å². The molecule has 0 aliphatic heterocycles. The molecular formula is C15H14BrIN2. The molecule has 1 aromatic carbocycles. The zero-order valence-corrected chi connectivity index (χ0v) is 14.6. The molecule has 3 rings (SSSR count). The lowest BCUT2D eigenvalue weighted by Crippen LogP contribution is -1.83. The van der Waals surface area contributed by atoms with Gasteiger partial charge >= 0.3 is 0 Å². The lowest BCUT2D eigenvalue weighted by molar-refractivity contribution is 1.17. The Labute approximate surface area is 138 Å². The molecule has 0 aliphatic carbocycles. The van der Waals surface area contributed by atoms with Gasteiger partial charge in [0.2, 0.25) is 0 Å². The summed E-state index contributed by atoms with van der Waals surface area (Å²) >= 11 is 3.47. The summed E-state index contributed by atoms with van der Waals surface area (Å²) < 4.78 is 3.09. The van der Waals surface area contributed by atoms with Crippen molar-refractivity contribution in [2.75, 3.05) is 0 Å². The normalized spacial score (nSPS) is 10.5. The molecule has 0 unspecified atom stereocenters. The Bertz CT molecular complexity index is 734. The van der Waals surface area contributed by atoms with Crippen molar-refractivity contribution in [3.8, 4) is 11.3 Å². The predicted octanol–water partition coefficient (Wildman–Crippen LogP) is 5.00. The molecule has 0 N–H and O–H groups in total. The lowest BCUT2D eigenvalue weighted by Gasteiger charge is -2.01. The monoisotopic (exact) mass is 428 g/mol. The molecule has 2 nitrogen and oxygen atoms in total. The van der Waals surface area contributed by atoms with Crippen LogP contribution in [0, 0.1) is 13.8 Å². The number of halogens is 2. The number of hydrogen-bond donors (Lipinski definition) is 0. The van der Waals surface area contributed by atoms with Crippen molar-refractivity contribution in [1.82, 2.24) is 9.38 Å². The van der Waals surface area contributed by atoms with Crippen LogP contribution < -0.4 is 0 Å². The highest BCUT2D eigenvalue weighted by atomic mass is 127. The van der Waals surface area contributed by atoms with E-state index in [4.69, 9.17) is 0 Å². The van der Waals surface area contributed by atoms with Gasteiger partial charge in [0.05, 0.1) is 5.69 Å². The zero-order chi connectivity index (χ0) is 12.7. The molecule has 0 saturated carbocycles. The van der Waals surface area contributed by atoms with Gasteiger partial charge in [0.25, 0.3) is 0 Å². The molecule has 3 aromatic rings. The number of aromatic nitrogens is 2. The van der Waals surface area contributed by atoms with E-state index in [1.54, 1.807) is 0 Å². The minimum absolute atomic E-state index is 0. The topological polar surface area (TPSA) is 17.3 Å². The Morgan fingerprint density at radius 1 is 1.00 bits per heavy atom. The van der Waals surface area contributed by atoms with Crippen LogP contribution in [0.1, 0.15) is 11.1 Å². The van der Waals surface area contributed by atoms with Crippen LogP contribution >= 0.6 is 39.9 Å². The summed E-state index contributed by atoms with van der Waals surface area (Å²) in [5.74, 6) is 0. The number of rotatable bonds is 1.